The van der Waals surface area contributed by atoms with Crippen LogP contribution < -0.4 is 14.2 Å². The lowest BCUT2D eigenvalue weighted by molar-refractivity contribution is -0.670. The Morgan fingerprint density at radius 2 is 2.05 bits per heavy atom. The number of fused-ring (bicyclic) bond motifs is 1. The fourth-order valence-electron chi connectivity index (χ4n) is 6.38. The fourth-order valence-corrected chi connectivity index (χ4v) is 6.38. The Balaban J connectivity index is 1.44. The molecule has 1 N–H and O–H groups in total. The lowest BCUT2D eigenvalue weighted by Crippen LogP contribution is -2.45. The van der Waals surface area contributed by atoms with E-state index in [1.807, 2.05) is 72.5 Å². The lowest BCUT2D eigenvalue weighted by atomic mass is 9.83. The van der Waals surface area contributed by atoms with Gasteiger partial charge in [0, 0.05) is 56.5 Å². The molecule has 0 spiro atoms. The normalized spacial score (nSPS) is 20.3. The van der Waals surface area contributed by atoms with Crippen LogP contribution in [0.2, 0.25) is 0 Å². The van der Waals surface area contributed by atoms with E-state index in [1.54, 1.807) is 0 Å². The van der Waals surface area contributed by atoms with E-state index in [2.05, 4.69) is 28.5 Å². The number of likely N-dealkylation sites (tertiary alicyclic amines) is 1. The Morgan fingerprint density at radius 1 is 1.20 bits per heavy atom. The molecule has 3 atom stereocenters. The van der Waals surface area contributed by atoms with E-state index in [0.717, 1.165) is 53.9 Å². The molecule has 1 fully saturated rings. The molecule has 8 nitrogen and oxygen atoms in total. The van der Waals surface area contributed by atoms with Crippen LogP contribution in [0.15, 0.2) is 61.1 Å². The number of benzene rings is 1. The molecule has 3 aromatic rings. The van der Waals surface area contributed by atoms with Crippen LogP contribution in [0, 0.1) is 5.92 Å². The van der Waals surface area contributed by atoms with Gasteiger partial charge >= 0.3 is 5.97 Å². The SMILES string of the molecule is CCCCN(C(=O)CN1C[C@H](c2ccc3c(c2)CCO3)C(C(=O)O)[C@@H]1CCc1cccn1C)c1ccc[n+](C)c1. The molecule has 5 rings (SSSR count). The van der Waals surface area contributed by atoms with Gasteiger partial charge in [-0.1, -0.05) is 25.5 Å². The first kappa shape index (κ1) is 27.9. The molecule has 0 radical (unpaired) electrons. The average molecular weight is 546 g/mol. The van der Waals surface area contributed by atoms with Gasteiger partial charge < -0.3 is 19.3 Å². The number of anilines is 1. The summed E-state index contributed by atoms with van der Waals surface area (Å²) in [5.41, 5.74) is 4.19. The number of carboxylic acid groups (broad SMARTS) is 1. The minimum absolute atomic E-state index is 0.00987. The highest BCUT2D eigenvalue weighted by atomic mass is 16.5. The number of carboxylic acids is 1. The number of amides is 1. The van der Waals surface area contributed by atoms with E-state index in [9.17, 15) is 14.7 Å². The van der Waals surface area contributed by atoms with Gasteiger partial charge in [0.05, 0.1) is 19.1 Å². The highest BCUT2D eigenvalue weighted by molar-refractivity contribution is 5.94. The van der Waals surface area contributed by atoms with Crippen molar-refractivity contribution in [3.05, 3.63) is 77.9 Å². The molecule has 2 aliphatic heterocycles. The van der Waals surface area contributed by atoms with Crippen LogP contribution >= 0.6 is 0 Å². The minimum Gasteiger partial charge on any atom is -0.493 e. The summed E-state index contributed by atoms with van der Waals surface area (Å²) in [4.78, 5) is 30.8. The molecule has 0 aliphatic carbocycles. The van der Waals surface area contributed by atoms with Gasteiger partial charge in [0.1, 0.15) is 18.5 Å². The van der Waals surface area contributed by atoms with E-state index in [4.69, 9.17) is 4.74 Å². The van der Waals surface area contributed by atoms with Crippen LogP contribution in [0.3, 0.4) is 0 Å². The van der Waals surface area contributed by atoms with Gasteiger partial charge in [-0.25, -0.2) is 4.57 Å². The third kappa shape index (κ3) is 5.92. The van der Waals surface area contributed by atoms with Gasteiger partial charge in [0.15, 0.2) is 12.4 Å². The number of hydrogen-bond donors (Lipinski definition) is 1. The summed E-state index contributed by atoms with van der Waals surface area (Å²) < 4.78 is 9.74. The van der Waals surface area contributed by atoms with Gasteiger partial charge in [-0.3, -0.25) is 14.5 Å². The highest BCUT2D eigenvalue weighted by Gasteiger charge is 2.47. The van der Waals surface area contributed by atoms with Gasteiger partial charge in [-0.05, 0) is 54.7 Å². The van der Waals surface area contributed by atoms with E-state index in [1.165, 1.54) is 0 Å². The Kier molecular flexibility index (Phi) is 8.54. The predicted octanol–water partition coefficient (Wildman–Crippen LogP) is 3.72. The first-order valence-electron chi connectivity index (χ1n) is 14.4. The summed E-state index contributed by atoms with van der Waals surface area (Å²) in [5.74, 6) is -0.703. The fraction of sp³-hybridized carbons (Fsp3) is 0.469. The molecule has 212 valence electrons. The van der Waals surface area contributed by atoms with Crippen LogP contribution in [0.5, 0.6) is 5.75 Å². The number of aromatic nitrogens is 2. The molecule has 0 saturated carbocycles. The maximum atomic E-state index is 13.9. The Bertz CT molecular complexity index is 1350. The van der Waals surface area contributed by atoms with Gasteiger partial charge in [-0.2, -0.15) is 0 Å². The Labute approximate surface area is 236 Å². The quantitative estimate of drug-likeness (QED) is 0.372. The van der Waals surface area contributed by atoms with Crippen molar-refractivity contribution in [1.82, 2.24) is 9.47 Å². The van der Waals surface area contributed by atoms with Crippen molar-refractivity contribution >= 4 is 17.6 Å². The summed E-state index contributed by atoms with van der Waals surface area (Å²) in [6.07, 6.45) is 10.1. The number of unbranched alkanes of at least 4 members (excludes halogenated alkanes) is 1. The van der Waals surface area contributed by atoms with E-state index in [0.29, 0.717) is 26.1 Å². The van der Waals surface area contributed by atoms with Gasteiger partial charge in [0.2, 0.25) is 5.91 Å². The molecule has 1 saturated heterocycles. The predicted molar refractivity (Wildman–Crippen MR) is 153 cm³/mol. The van der Waals surface area contributed by atoms with Crippen LogP contribution in [-0.2, 0) is 36.5 Å². The largest absolute Gasteiger partial charge is 0.493 e. The van der Waals surface area contributed by atoms with Crippen LogP contribution in [0.25, 0.3) is 0 Å². The maximum Gasteiger partial charge on any atom is 0.308 e. The zero-order valence-corrected chi connectivity index (χ0v) is 23.8. The van der Waals surface area contributed by atoms with Crippen molar-refractivity contribution in [2.45, 2.75) is 51.0 Å². The summed E-state index contributed by atoms with van der Waals surface area (Å²) in [7, 11) is 3.97. The second-order valence-corrected chi connectivity index (χ2v) is 11.2. The number of rotatable bonds is 11. The summed E-state index contributed by atoms with van der Waals surface area (Å²) in [6.45, 7) is 4.14. The third-order valence-corrected chi connectivity index (χ3v) is 8.53. The summed E-state index contributed by atoms with van der Waals surface area (Å²) >= 11 is 0. The van der Waals surface area contributed by atoms with E-state index >= 15 is 0 Å². The van der Waals surface area contributed by atoms with Crippen LogP contribution in [-0.4, -0.2) is 58.7 Å². The minimum atomic E-state index is -0.800. The first-order valence-corrected chi connectivity index (χ1v) is 14.4. The van der Waals surface area contributed by atoms with Crippen LogP contribution in [0.1, 0.15) is 48.9 Å². The van der Waals surface area contributed by atoms with Crippen LogP contribution in [0.4, 0.5) is 5.69 Å². The van der Waals surface area contributed by atoms with Gasteiger partial charge in [0.25, 0.3) is 0 Å². The average Bonchev–Trinajstić information content (AvgIpc) is 3.65. The molecule has 8 heteroatoms. The zero-order valence-electron chi connectivity index (χ0n) is 23.8. The molecule has 1 unspecified atom stereocenters. The van der Waals surface area contributed by atoms with E-state index in [-0.39, 0.29) is 24.4 Å². The molecule has 40 heavy (non-hydrogen) atoms. The number of ether oxygens (including phenoxy) is 1. The highest BCUT2D eigenvalue weighted by Crippen LogP contribution is 2.41. The van der Waals surface area contributed by atoms with E-state index < -0.39 is 11.9 Å². The molecule has 1 aromatic carbocycles. The lowest BCUT2D eigenvalue weighted by Gasteiger charge is -2.29. The molecule has 2 aromatic heterocycles. The van der Waals surface area contributed by atoms with Crippen molar-refractivity contribution in [2.75, 3.05) is 31.1 Å². The topological polar surface area (TPSA) is 78.9 Å². The van der Waals surface area contributed by atoms with Crippen molar-refractivity contribution < 1.29 is 24.0 Å². The molecule has 0 bridgehead atoms. The summed E-state index contributed by atoms with van der Waals surface area (Å²) in [5, 5.41) is 10.6. The third-order valence-electron chi connectivity index (χ3n) is 8.53. The summed E-state index contributed by atoms with van der Waals surface area (Å²) in [6, 6.07) is 13.9. The maximum absolute atomic E-state index is 13.9. The number of aryl methyl sites for hydroxylation is 3. The number of nitrogens with zero attached hydrogens (tertiary/aromatic N) is 4. The monoisotopic (exact) mass is 545 g/mol. The second-order valence-electron chi connectivity index (χ2n) is 11.2. The Hall–Kier alpha value is -3.65. The number of carbonyl (C=O) groups excluding carboxylic acids is 1. The second kappa shape index (κ2) is 12.3. The smallest absolute Gasteiger partial charge is 0.308 e. The zero-order chi connectivity index (χ0) is 28.2. The van der Waals surface area contributed by atoms with Crippen molar-refractivity contribution in [2.24, 2.45) is 20.0 Å². The number of pyridine rings is 1. The molecular weight excluding hydrogens is 504 g/mol. The molecule has 4 heterocycles. The molecule has 2 aliphatic rings. The van der Waals surface area contributed by atoms with Crippen molar-refractivity contribution in [3.63, 3.8) is 0 Å². The molecule has 1 amide bonds. The Morgan fingerprint density at radius 3 is 2.77 bits per heavy atom. The van der Waals surface area contributed by atoms with Crippen molar-refractivity contribution in [1.29, 1.82) is 0 Å². The number of aliphatic carboxylic acids is 1. The van der Waals surface area contributed by atoms with Gasteiger partial charge in [-0.15, -0.1) is 0 Å². The number of carbonyl (C=O) groups is 2. The van der Waals surface area contributed by atoms with Crippen molar-refractivity contribution in [3.8, 4) is 5.75 Å². The standard InChI is InChI=1S/C32H40N4O4/c1-4-5-17-36(26-9-6-15-33(2)20-26)30(37)22-35-21-27(23-10-13-29-24(19-23)14-18-40-29)31(32(38)39)28(35)12-11-25-8-7-16-34(25)3/h6-10,13,15-16,19-20,27-28,31H,4-5,11-12,14,17-18,21-22H2,1-3H3/p+1/t27-,28+,31?/m1/s1. The first-order chi connectivity index (χ1) is 19.4. The number of hydrogen-bond acceptors (Lipinski definition) is 4. The molecular formula is C32H41N4O4+.